The highest BCUT2D eigenvalue weighted by Gasteiger charge is 2.16. The molecule has 48 heavy (non-hydrogen) atoms. The van der Waals surface area contributed by atoms with Crippen molar-refractivity contribution in [2.24, 2.45) is 0 Å². The lowest BCUT2D eigenvalue weighted by Gasteiger charge is -2.11. The monoisotopic (exact) mass is 611 g/mol. The minimum Gasteiger partial charge on any atom is -0.309 e. The predicted molar refractivity (Wildman–Crippen MR) is 201 cm³/mol. The molecule has 0 unspecified atom stereocenters. The topological polar surface area (TPSA) is 22.8 Å². The molecule has 3 nitrogen and oxygen atoms in total. The Bertz CT molecular complexity index is 2820. The first-order valence-electron chi connectivity index (χ1n) is 16.4. The molecule has 0 spiro atoms. The van der Waals surface area contributed by atoms with E-state index in [1.54, 1.807) is 0 Å². The Morgan fingerprint density at radius 2 is 0.875 bits per heavy atom. The predicted octanol–water partition coefficient (Wildman–Crippen LogP) is 11.8. The van der Waals surface area contributed by atoms with E-state index in [1.807, 2.05) is 12.3 Å². The molecule has 0 saturated carbocycles. The van der Waals surface area contributed by atoms with Crippen LogP contribution in [0.25, 0.3) is 88.1 Å². The van der Waals surface area contributed by atoms with Crippen LogP contribution < -0.4 is 0 Å². The Hall–Kier alpha value is -6.45. The fourth-order valence-corrected chi connectivity index (χ4v) is 7.57. The highest BCUT2D eigenvalue weighted by Crippen LogP contribution is 2.38. The summed E-state index contributed by atoms with van der Waals surface area (Å²) in [5.74, 6) is 0. The summed E-state index contributed by atoms with van der Waals surface area (Å²) < 4.78 is 4.75. The number of para-hydroxylation sites is 4. The van der Waals surface area contributed by atoms with Gasteiger partial charge in [0.25, 0.3) is 0 Å². The lowest BCUT2D eigenvalue weighted by atomic mass is 10.0. The molecule has 0 aliphatic rings. The summed E-state index contributed by atoms with van der Waals surface area (Å²) in [6.07, 6.45) is 1.87. The maximum Gasteiger partial charge on any atom is 0.0780 e. The quantitative estimate of drug-likeness (QED) is 0.194. The first-order valence-corrected chi connectivity index (χ1v) is 16.4. The van der Waals surface area contributed by atoms with Crippen molar-refractivity contribution in [2.75, 3.05) is 0 Å². The van der Waals surface area contributed by atoms with Crippen LogP contribution >= 0.6 is 0 Å². The largest absolute Gasteiger partial charge is 0.309 e. The third-order valence-electron chi connectivity index (χ3n) is 9.76. The number of benzene rings is 7. The Balaban J connectivity index is 1.11. The van der Waals surface area contributed by atoms with Gasteiger partial charge in [-0.15, -0.1) is 0 Å². The smallest absolute Gasteiger partial charge is 0.0780 e. The summed E-state index contributed by atoms with van der Waals surface area (Å²) in [4.78, 5) is 4.69. The molecule has 224 valence electrons. The van der Waals surface area contributed by atoms with Crippen LogP contribution in [0.2, 0.25) is 0 Å². The van der Waals surface area contributed by atoms with Gasteiger partial charge in [-0.25, -0.2) is 0 Å². The van der Waals surface area contributed by atoms with Crippen molar-refractivity contribution in [3.8, 4) is 33.6 Å². The van der Waals surface area contributed by atoms with Crippen molar-refractivity contribution in [3.05, 3.63) is 176 Å². The maximum absolute atomic E-state index is 4.69. The van der Waals surface area contributed by atoms with Gasteiger partial charge < -0.3 is 9.13 Å². The van der Waals surface area contributed by atoms with Gasteiger partial charge in [0.15, 0.2) is 0 Å². The first-order chi connectivity index (χ1) is 23.8. The number of hydrogen-bond donors (Lipinski definition) is 0. The van der Waals surface area contributed by atoms with E-state index >= 15 is 0 Å². The van der Waals surface area contributed by atoms with Gasteiger partial charge in [0.1, 0.15) is 0 Å². The van der Waals surface area contributed by atoms with Gasteiger partial charge in [0.2, 0.25) is 0 Å². The zero-order valence-electron chi connectivity index (χ0n) is 26.1. The van der Waals surface area contributed by atoms with Crippen LogP contribution in [0.15, 0.2) is 176 Å². The summed E-state index contributed by atoms with van der Waals surface area (Å²) in [6.45, 7) is 0. The summed E-state index contributed by atoms with van der Waals surface area (Å²) in [5, 5.41) is 6.17. The highest BCUT2D eigenvalue weighted by molar-refractivity contribution is 6.12. The average molecular weight is 612 g/mol. The Kier molecular flexibility index (Phi) is 5.87. The third kappa shape index (κ3) is 4.04. The molecule has 0 atom stereocenters. The molecule has 0 radical (unpaired) electrons. The van der Waals surface area contributed by atoms with Crippen molar-refractivity contribution in [2.45, 2.75) is 0 Å². The molecule has 0 fully saturated rings. The highest BCUT2D eigenvalue weighted by atomic mass is 15.0. The molecular formula is C45H29N3. The maximum atomic E-state index is 4.69. The first kappa shape index (κ1) is 26.7. The number of hydrogen-bond acceptors (Lipinski definition) is 1. The van der Waals surface area contributed by atoms with E-state index in [4.69, 9.17) is 0 Å². The van der Waals surface area contributed by atoms with Crippen molar-refractivity contribution < 1.29 is 0 Å². The summed E-state index contributed by atoms with van der Waals surface area (Å²) in [6, 6.07) is 61.3. The SMILES string of the molecule is c1ccc(-n2c3ccccc3c3cc(-c4ccc5c(c4)c4ccccc4n5-c4ccc(-c5cccc6cccnc56)cc4)ccc32)cc1. The van der Waals surface area contributed by atoms with Gasteiger partial charge in [-0.05, 0) is 83.4 Å². The second-order valence-electron chi connectivity index (χ2n) is 12.4. The van der Waals surface area contributed by atoms with Crippen LogP contribution in [0, 0.1) is 0 Å². The van der Waals surface area contributed by atoms with Crippen LogP contribution in [0.1, 0.15) is 0 Å². The minimum absolute atomic E-state index is 1.03. The van der Waals surface area contributed by atoms with Crippen molar-refractivity contribution >= 4 is 54.5 Å². The Labute approximate surface area is 277 Å². The van der Waals surface area contributed by atoms with Crippen LogP contribution in [0.4, 0.5) is 0 Å². The number of fused-ring (bicyclic) bond motifs is 7. The zero-order valence-corrected chi connectivity index (χ0v) is 26.1. The number of nitrogens with zero attached hydrogens (tertiary/aromatic N) is 3. The van der Waals surface area contributed by atoms with Gasteiger partial charge in [-0.3, -0.25) is 4.98 Å². The molecule has 0 bridgehead atoms. The molecule has 0 amide bonds. The molecule has 7 aromatic carbocycles. The average Bonchev–Trinajstić information content (AvgIpc) is 3.67. The second kappa shape index (κ2) is 10.5. The zero-order chi connectivity index (χ0) is 31.6. The fourth-order valence-electron chi connectivity index (χ4n) is 7.57. The summed E-state index contributed by atoms with van der Waals surface area (Å²) in [5.41, 5.74) is 12.9. The van der Waals surface area contributed by atoms with Gasteiger partial charge >= 0.3 is 0 Å². The van der Waals surface area contributed by atoms with Crippen LogP contribution in [0.3, 0.4) is 0 Å². The fraction of sp³-hybridized carbons (Fsp3) is 0. The van der Waals surface area contributed by atoms with Gasteiger partial charge in [0.05, 0.1) is 27.6 Å². The van der Waals surface area contributed by atoms with Gasteiger partial charge in [-0.2, -0.15) is 0 Å². The van der Waals surface area contributed by atoms with Crippen LogP contribution in [-0.4, -0.2) is 14.1 Å². The number of rotatable bonds is 4. The number of pyridine rings is 1. The second-order valence-corrected chi connectivity index (χ2v) is 12.4. The Morgan fingerprint density at radius 3 is 1.52 bits per heavy atom. The van der Waals surface area contributed by atoms with Crippen molar-refractivity contribution in [1.29, 1.82) is 0 Å². The molecule has 0 saturated heterocycles. The molecule has 10 aromatic rings. The molecule has 0 aliphatic carbocycles. The van der Waals surface area contributed by atoms with E-state index in [1.165, 1.54) is 60.4 Å². The van der Waals surface area contributed by atoms with Crippen molar-refractivity contribution in [1.82, 2.24) is 14.1 Å². The molecule has 3 heterocycles. The molecule has 10 rings (SSSR count). The van der Waals surface area contributed by atoms with Gasteiger partial charge in [0, 0.05) is 50.1 Å². The standard InChI is InChI=1S/C45H29N3/c1-2-12-34(13-3-1)47-41-17-6-4-14-37(41)39-28-32(21-25-43(39)47)33-22-26-44-40(29-33)38-15-5-7-18-42(38)48(44)35-23-19-30(20-24-35)36-16-8-10-31-11-9-27-46-45(31)36/h1-29H. The molecule has 3 heteroatoms. The number of aromatic nitrogens is 3. The molecule has 3 aromatic heterocycles. The minimum atomic E-state index is 1.03. The third-order valence-corrected chi connectivity index (χ3v) is 9.76. The Morgan fingerprint density at radius 1 is 0.354 bits per heavy atom. The molecule has 0 N–H and O–H groups in total. The normalized spacial score (nSPS) is 11.8. The van der Waals surface area contributed by atoms with Crippen LogP contribution in [-0.2, 0) is 0 Å². The lowest BCUT2D eigenvalue weighted by Crippen LogP contribution is -1.94. The van der Waals surface area contributed by atoms with Crippen molar-refractivity contribution in [3.63, 3.8) is 0 Å². The lowest BCUT2D eigenvalue weighted by molar-refractivity contribution is 1.18. The van der Waals surface area contributed by atoms with E-state index in [2.05, 4.69) is 178 Å². The summed E-state index contributed by atoms with van der Waals surface area (Å²) in [7, 11) is 0. The molecular weight excluding hydrogens is 583 g/mol. The van der Waals surface area contributed by atoms with Crippen LogP contribution in [0.5, 0.6) is 0 Å². The van der Waals surface area contributed by atoms with E-state index in [9.17, 15) is 0 Å². The van der Waals surface area contributed by atoms with E-state index in [0.29, 0.717) is 0 Å². The van der Waals surface area contributed by atoms with E-state index in [0.717, 1.165) is 27.7 Å². The summed E-state index contributed by atoms with van der Waals surface area (Å²) >= 11 is 0. The van der Waals surface area contributed by atoms with E-state index < -0.39 is 0 Å². The van der Waals surface area contributed by atoms with E-state index in [-0.39, 0.29) is 0 Å². The molecule has 0 aliphatic heterocycles. The van der Waals surface area contributed by atoms with Gasteiger partial charge in [-0.1, -0.05) is 103 Å².